The quantitative estimate of drug-likeness (QED) is 0.290. The number of aromatic nitrogens is 1. The predicted molar refractivity (Wildman–Crippen MR) is 121 cm³/mol. The van der Waals surface area contributed by atoms with E-state index in [1.807, 2.05) is 24.3 Å². The van der Waals surface area contributed by atoms with Crippen molar-refractivity contribution in [1.29, 1.82) is 0 Å². The second kappa shape index (κ2) is 7.59. The number of carbonyl (C=O) groups is 1. The molecule has 1 amide bonds. The summed E-state index contributed by atoms with van der Waals surface area (Å²) in [6.45, 7) is 1.51. The molecule has 8 heteroatoms. The van der Waals surface area contributed by atoms with Gasteiger partial charge in [0.1, 0.15) is 11.5 Å². The van der Waals surface area contributed by atoms with Gasteiger partial charge in [-0.05, 0) is 29.8 Å². The Morgan fingerprint density at radius 2 is 1.96 bits per heavy atom. The monoisotopic (exact) mass is 507 g/mol. The molecular weight excluding hydrogens is 489 g/mol. The number of rotatable bonds is 5. The number of nitrogens with one attached hydrogen (secondary N) is 2. The van der Waals surface area contributed by atoms with Crippen LogP contribution in [-0.2, 0) is 11.2 Å². The van der Waals surface area contributed by atoms with Gasteiger partial charge in [-0.15, -0.1) is 11.3 Å². The number of fused-ring (bicyclic) bond motifs is 3. The van der Waals surface area contributed by atoms with Crippen LogP contribution in [-0.4, -0.2) is 25.1 Å². The van der Waals surface area contributed by atoms with E-state index in [1.165, 1.54) is 11.8 Å². The Kier molecular flexibility index (Phi) is 5.15. The molecule has 0 unspecified atom stereocenters. The van der Waals surface area contributed by atoms with Gasteiger partial charge in [0.25, 0.3) is 0 Å². The first kappa shape index (κ1) is 19.0. The Labute approximate surface area is 180 Å². The second-order valence-corrected chi connectivity index (χ2v) is 7.99. The summed E-state index contributed by atoms with van der Waals surface area (Å²) in [4.78, 5) is 17.8. The summed E-state index contributed by atoms with van der Waals surface area (Å²) in [6, 6.07) is 9.80. The molecule has 4 rings (SSSR count). The third kappa shape index (κ3) is 3.30. The molecule has 1 aliphatic rings. The van der Waals surface area contributed by atoms with E-state index in [0.29, 0.717) is 11.5 Å². The van der Waals surface area contributed by atoms with Gasteiger partial charge in [-0.3, -0.25) is 4.79 Å². The summed E-state index contributed by atoms with van der Waals surface area (Å²) in [5, 5.41) is 3.86. The normalized spacial score (nSPS) is 11.6. The van der Waals surface area contributed by atoms with Crippen LogP contribution in [0.2, 0.25) is 0 Å². The van der Waals surface area contributed by atoms with E-state index in [1.54, 1.807) is 25.6 Å². The van der Waals surface area contributed by atoms with Crippen LogP contribution in [0.5, 0.6) is 11.5 Å². The Morgan fingerprint density at radius 3 is 2.64 bits per heavy atom. The lowest BCUT2D eigenvalue weighted by Crippen LogP contribution is -2.08. The maximum Gasteiger partial charge on any atom is 0.221 e. The average molecular weight is 507 g/mol. The van der Waals surface area contributed by atoms with Gasteiger partial charge in [-0.1, -0.05) is 0 Å². The maximum atomic E-state index is 11.8. The first-order chi connectivity index (χ1) is 13.5. The van der Waals surface area contributed by atoms with Crippen molar-refractivity contribution >= 4 is 50.9 Å². The molecule has 0 aliphatic heterocycles. The van der Waals surface area contributed by atoms with Crippen molar-refractivity contribution in [3.63, 3.8) is 0 Å². The van der Waals surface area contributed by atoms with Crippen LogP contribution >= 0.6 is 34.2 Å². The highest BCUT2D eigenvalue weighted by Crippen LogP contribution is 2.46. The maximum absolute atomic E-state index is 11.8. The van der Waals surface area contributed by atoms with E-state index in [2.05, 4.69) is 37.8 Å². The molecule has 0 atom stereocenters. The first-order valence-electron chi connectivity index (χ1n) is 8.57. The fraction of sp³-hybridized carbons (Fsp3) is 0.200. The van der Waals surface area contributed by atoms with Crippen molar-refractivity contribution in [2.75, 3.05) is 23.1 Å². The van der Waals surface area contributed by atoms with Gasteiger partial charge >= 0.3 is 0 Å². The fourth-order valence-corrected chi connectivity index (χ4v) is 4.78. The van der Waals surface area contributed by atoms with Gasteiger partial charge in [0.15, 0.2) is 5.13 Å². The lowest BCUT2D eigenvalue weighted by Gasteiger charge is -2.16. The Balaban J connectivity index is 1.91. The minimum atomic E-state index is -0.115. The smallest absolute Gasteiger partial charge is 0.221 e. The third-order valence-corrected chi connectivity index (χ3v) is 6.48. The van der Waals surface area contributed by atoms with Gasteiger partial charge < -0.3 is 18.3 Å². The number of benzene rings is 2. The largest absolute Gasteiger partial charge is 0.497 e. The highest BCUT2D eigenvalue weighted by Gasteiger charge is 2.26. The highest BCUT2D eigenvalue weighted by atomic mass is 127. The topological polar surface area (TPSA) is 72.5 Å². The molecule has 0 fully saturated rings. The summed E-state index contributed by atoms with van der Waals surface area (Å²) < 4.78 is 14.0. The van der Waals surface area contributed by atoms with Crippen molar-refractivity contribution < 1.29 is 14.3 Å². The van der Waals surface area contributed by atoms with Crippen molar-refractivity contribution in [3.8, 4) is 33.9 Å². The molecule has 0 bridgehead atoms. The summed E-state index contributed by atoms with van der Waals surface area (Å²) in [7, 11) is 3.25. The molecule has 2 N–H and O–H groups in total. The highest BCUT2D eigenvalue weighted by molar-refractivity contribution is 14.1. The summed E-state index contributed by atoms with van der Waals surface area (Å²) in [5.41, 5.74) is 5.78. The number of methoxy groups -OCH3 is 2. The van der Waals surface area contributed by atoms with Gasteiger partial charge in [0.2, 0.25) is 5.91 Å². The SMILES string of the molecule is COc1ccc(-c2cc3c(cc2NC(C)=O)Cc2sc(NI)nc2-3)c(OC)c1. The van der Waals surface area contributed by atoms with Crippen LogP contribution in [0.15, 0.2) is 30.3 Å². The van der Waals surface area contributed by atoms with E-state index in [-0.39, 0.29) is 5.91 Å². The molecule has 6 nitrogen and oxygen atoms in total. The van der Waals surface area contributed by atoms with E-state index < -0.39 is 0 Å². The number of ether oxygens (including phenoxy) is 2. The van der Waals surface area contributed by atoms with Gasteiger partial charge in [0.05, 0.1) is 42.8 Å². The first-order valence-corrected chi connectivity index (χ1v) is 10.5. The predicted octanol–water partition coefficient (Wildman–Crippen LogP) is 5.12. The van der Waals surface area contributed by atoms with Gasteiger partial charge in [-0.25, -0.2) is 4.98 Å². The number of carbonyl (C=O) groups excluding carboxylic acids is 1. The molecule has 1 aliphatic carbocycles. The van der Waals surface area contributed by atoms with Crippen molar-refractivity contribution in [3.05, 3.63) is 40.8 Å². The Morgan fingerprint density at radius 1 is 1.14 bits per heavy atom. The van der Waals surface area contributed by atoms with Crippen LogP contribution < -0.4 is 18.3 Å². The minimum Gasteiger partial charge on any atom is -0.497 e. The lowest BCUT2D eigenvalue weighted by molar-refractivity contribution is -0.114. The molecule has 0 spiro atoms. The lowest BCUT2D eigenvalue weighted by atomic mass is 9.96. The number of thiazole rings is 1. The van der Waals surface area contributed by atoms with E-state index in [4.69, 9.17) is 14.5 Å². The summed E-state index contributed by atoms with van der Waals surface area (Å²) >= 11 is 3.75. The van der Waals surface area contributed by atoms with E-state index in [0.717, 1.165) is 45.2 Å². The molecule has 144 valence electrons. The van der Waals surface area contributed by atoms with Crippen molar-refractivity contribution in [2.24, 2.45) is 0 Å². The fourth-order valence-electron chi connectivity index (χ4n) is 3.44. The van der Waals surface area contributed by atoms with Crippen LogP contribution in [0.4, 0.5) is 10.8 Å². The minimum absolute atomic E-state index is 0.115. The molecule has 0 radical (unpaired) electrons. The molecule has 0 saturated carbocycles. The Hall–Kier alpha value is -2.33. The number of nitrogens with zero attached hydrogens (tertiary/aromatic N) is 1. The number of halogens is 1. The third-order valence-electron chi connectivity index (χ3n) is 4.64. The number of anilines is 2. The average Bonchev–Trinajstić information content (AvgIpc) is 3.23. The zero-order valence-corrected chi connectivity index (χ0v) is 18.5. The van der Waals surface area contributed by atoms with Crippen molar-refractivity contribution in [2.45, 2.75) is 13.3 Å². The molecule has 28 heavy (non-hydrogen) atoms. The number of amides is 1. The zero-order valence-electron chi connectivity index (χ0n) is 15.6. The second-order valence-electron chi connectivity index (χ2n) is 6.36. The number of hydrogen-bond acceptors (Lipinski definition) is 6. The van der Waals surface area contributed by atoms with Gasteiger partial charge in [0, 0.05) is 46.7 Å². The van der Waals surface area contributed by atoms with E-state index >= 15 is 0 Å². The molecule has 1 aromatic heterocycles. The molecule has 1 heterocycles. The van der Waals surface area contributed by atoms with Crippen molar-refractivity contribution in [1.82, 2.24) is 4.98 Å². The number of hydrogen-bond donors (Lipinski definition) is 2. The zero-order chi connectivity index (χ0) is 19.8. The van der Waals surface area contributed by atoms with Crippen LogP contribution in [0.1, 0.15) is 17.4 Å². The van der Waals surface area contributed by atoms with Crippen LogP contribution in [0.3, 0.4) is 0 Å². The summed E-state index contributed by atoms with van der Waals surface area (Å²) in [5.74, 6) is 1.27. The summed E-state index contributed by atoms with van der Waals surface area (Å²) in [6.07, 6.45) is 0.813. The molecule has 3 aromatic rings. The Bertz CT molecular complexity index is 1080. The van der Waals surface area contributed by atoms with Crippen LogP contribution in [0.25, 0.3) is 22.4 Å². The standard InChI is InChI=1S/C20H18IN3O3S/c1-10(25)22-16-6-11-7-18-19(23-20(24-21)28-18)14(11)9-15(16)13-5-4-12(26-2)8-17(13)27-3/h4-6,8-9H,7H2,1-3H3,(H,22,25)(H,23,24). The molecule has 2 aromatic carbocycles. The van der Waals surface area contributed by atoms with Crippen LogP contribution in [0, 0.1) is 0 Å². The molecule has 0 saturated heterocycles. The molecular formula is C20H18IN3O3S. The van der Waals surface area contributed by atoms with Gasteiger partial charge in [-0.2, -0.15) is 0 Å². The van der Waals surface area contributed by atoms with E-state index in [9.17, 15) is 4.79 Å².